The lowest BCUT2D eigenvalue weighted by atomic mass is 10.3. The van der Waals surface area contributed by atoms with Gasteiger partial charge < -0.3 is 14.5 Å². The highest BCUT2D eigenvalue weighted by molar-refractivity contribution is 6.30. The van der Waals surface area contributed by atoms with Gasteiger partial charge >= 0.3 is 0 Å². The molecule has 0 amide bonds. The van der Waals surface area contributed by atoms with Gasteiger partial charge in [-0.05, 0) is 42.5 Å². The van der Waals surface area contributed by atoms with Crippen molar-refractivity contribution < 1.29 is 9.15 Å². The molecule has 24 heavy (non-hydrogen) atoms. The molecule has 0 bridgehead atoms. The first-order valence-corrected chi connectivity index (χ1v) is 7.80. The molecule has 0 saturated carbocycles. The van der Waals surface area contributed by atoms with Gasteiger partial charge in [-0.15, -0.1) is 0 Å². The van der Waals surface area contributed by atoms with E-state index < -0.39 is 0 Å². The van der Waals surface area contributed by atoms with Crippen LogP contribution in [0.1, 0.15) is 0 Å². The van der Waals surface area contributed by atoms with E-state index in [-0.39, 0.29) is 0 Å². The monoisotopic (exact) mass is 336 g/mol. The minimum absolute atomic E-state index is 0.441. The number of halogens is 1. The summed E-state index contributed by atoms with van der Waals surface area (Å²) in [4.78, 5) is 4.40. The zero-order chi connectivity index (χ0) is 16.4. The molecule has 1 aromatic heterocycles. The van der Waals surface area contributed by atoms with E-state index >= 15 is 0 Å². The van der Waals surface area contributed by atoms with Gasteiger partial charge in [0.25, 0.3) is 6.01 Å². The SMILES string of the molecule is Clc1cccc(Oc2cccc(Nc3nc4ccccc4o3)c2)c1. The van der Waals surface area contributed by atoms with Crippen molar-refractivity contribution in [2.75, 3.05) is 5.32 Å². The van der Waals surface area contributed by atoms with Crippen molar-refractivity contribution in [1.82, 2.24) is 4.98 Å². The van der Waals surface area contributed by atoms with Crippen molar-refractivity contribution in [3.63, 3.8) is 0 Å². The minimum Gasteiger partial charge on any atom is -0.457 e. The lowest BCUT2D eigenvalue weighted by Crippen LogP contribution is -1.91. The largest absolute Gasteiger partial charge is 0.457 e. The molecule has 1 N–H and O–H groups in total. The Labute approximate surface area is 143 Å². The van der Waals surface area contributed by atoms with Crippen molar-refractivity contribution in [2.24, 2.45) is 0 Å². The highest BCUT2D eigenvalue weighted by atomic mass is 35.5. The highest BCUT2D eigenvalue weighted by Gasteiger charge is 2.06. The van der Waals surface area contributed by atoms with Crippen LogP contribution in [0.4, 0.5) is 11.7 Å². The summed E-state index contributed by atoms with van der Waals surface area (Å²) >= 11 is 5.98. The number of oxazole rings is 1. The van der Waals surface area contributed by atoms with Gasteiger partial charge in [0.2, 0.25) is 0 Å². The van der Waals surface area contributed by atoms with Crippen molar-refractivity contribution in [3.8, 4) is 11.5 Å². The fourth-order valence-electron chi connectivity index (χ4n) is 2.35. The number of para-hydroxylation sites is 2. The third-order valence-corrected chi connectivity index (χ3v) is 3.65. The fraction of sp³-hybridized carbons (Fsp3) is 0. The van der Waals surface area contributed by atoms with Crippen LogP contribution in [0.2, 0.25) is 5.02 Å². The van der Waals surface area contributed by atoms with Crippen LogP contribution < -0.4 is 10.1 Å². The van der Waals surface area contributed by atoms with E-state index in [0.717, 1.165) is 16.8 Å². The molecule has 1 heterocycles. The zero-order valence-corrected chi connectivity index (χ0v) is 13.3. The summed E-state index contributed by atoms with van der Waals surface area (Å²) in [6.45, 7) is 0. The molecule has 118 valence electrons. The highest BCUT2D eigenvalue weighted by Crippen LogP contribution is 2.28. The second kappa shape index (κ2) is 6.26. The topological polar surface area (TPSA) is 47.3 Å². The predicted octanol–water partition coefficient (Wildman–Crippen LogP) is 6.02. The van der Waals surface area contributed by atoms with E-state index in [1.54, 1.807) is 12.1 Å². The summed E-state index contributed by atoms with van der Waals surface area (Å²) in [5.74, 6) is 1.37. The second-order valence-corrected chi connectivity index (χ2v) is 5.64. The first kappa shape index (κ1) is 14.6. The molecule has 0 atom stereocenters. The molecule has 0 saturated heterocycles. The molecular formula is C19H13ClN2O2. The summed E-state index contributed by atoms with van der Waals surface area (Å²) in [6.07, 6.45) is 0. The number of nitrogens with zero attached hydrogens (tertiary/aromatic N) is 1. The maximum absolute atomic E-state index is 5.98. The van der Waals surface area contributed by atoms with E-state index in [0.29, 0.717) is 22.5 Å². The second-order valence-electron chi connectivity index (χ2n) is 5.20. The van der Waals surface area contributed by atoms with Crippen molar-refractivity contribution in [2.45, 2.75) is 0 Å². The molecular weight excluding hydrogens is 324 g/mol. The van der Waals surface area contributed by atoms with Gasteiger partial charge in [0, 0.05) is 16.8 Å². The minimum atomic E-state index is 0.441. The zero-order valence-electron chi connectivity index (χ0n) is 12.6. The molecule has 0 aliphatic heterocycles. The van der Waals surface area contributed by atoms with Crippen LogP contribution in [-0.4, -0.2) is 4.98 Å². The van der Waals surface area contributed by atoms with Crippen LogP contribution in [0.25, 0.3) is 11.1 Å². The van der Waals surface area contributed by atoms with Gasteiger partial charge in [-0.1, -0.05) is 35.9 Å². The van der Waals surface area contributed by atoms with Crippen molar-refractivity contribution in [3.05, 3.63) is 77.8 Å². The molecule has 0 aliphatic carbocycles. The van der Waals surface area contributed by atoms with Gasteiger partial charge in [0.15, 0.2) is 5.58 Å². The normalized spacial score (nSPS) is 10.7. The average molecular weight is 337 g/mol. The first-order chi connectivity index (χ1) is 11.8. The van der Waals surface area contributed by atoms with Crippen LogP contribution in [0.3, 0.4) is 0 Å². The molecule has 3 aromatic carbocycles. The van der Waals surface area contributed by atoms with Crippen LogP contribution in [0.5, 0.6) is 11.5 Å². The Balaban J connectivity index is 1.56. The molecule has 0 radical (unpaired) electrons. The van der Waals surface area contributed by atoms with E-state index in [1.807, 2.05) is 60.7 Å². The van der Waals surface area contributed by atoms with Gasteiger partial charge in [-0.2, -0.15) is 4.98 Å². The summed E-state index contributed by atoms with van der Waals surface area (Å²) in [5.41, 5.74) is 2.37. The molecule has 0 fully saturated rings. The van der Waals surface area contributed by atoms with Gasteiger partial charge in [0.1, 0.15) is 17.0 Å². The molecule has 0 unspecified atom stereocenters. The number of ether oxygens (including phenoxy) is 1. The Morgan fingerprint density at radius 2 is 1.67 bits per heavy atom. The lowest BCUT2D eigenvalue weighted by molar-refractivity contribution is 0.483. The van der Waals surface area contributed by atoms with Gasteiger partial charge in [-0.25, -0.2) is 0 Å². The Bertz CT molecular complexity index is 964. The Morgan fingerprint density at radius 3 is 2.50 bits per heavy atom. The lowest BCUT2D eigenvalue weighted by Gasteiger charge is -2.08. The number of anilines is 2. The molecule has 5 heteroatoms. The standard InChI is InChI=1S/C19H13ClN2O2/c20-13-5-3-7-15(11-13)23-16-8-4-6-14(12-16)21-19-22-17-9-1-2-10-18(17)24-19/h1-12H,(H,21,22). The van der Waals surface area contributed by atoms with Crippen LogP contribution in [0, 0.1) is 0 Å². The molecule has 4 rings (SSSR count). The number of benzene rings is 3. The smallest absolute Gasteiger partial charge is 0.300 e. The summed E-state index contributed by atoms with van der Waals surface area (Å²) in [7, 11) is 0. The fourth-order valence-corrected chi connectivity index (χ4v) is 2.53. The number of hydrogen-bond acceptors (Lipinski definition) is 4. The van der Waals surface area contributed by atoms with Crippen molar-refractivity contribution >= 4 is 34.4 Å². The maximum atomic E-state index is 5.98. The van der Waals surface area contributed by atoms with Crippen molar-refractivity contribution in [1.29, 1.82) is 0 Å². The van der Waals surface area contributed by atoms with Crippen LogP contribution in [-0.2, 0) is 0 Å². The summed E-state index contributed by atoms with van der Waals surface area (Å²) < 4.78 is 11.5. The van der Waals surface area contributed by atoms with E-state index in [1.165, 1.54) is 0 Å². The first-order valence-electron chi connectivity index (χ1n) is 7.42. The van der Waals surface area contributed by atoms with Crippen LogP contribution in [0.15, 0.2) is 77.2 Å². The summed E-state index contributed by atoms with van der Waals surface area (Å²) in [5, 5.41) is 3.78. The maximum Gasteiger partial charge on any atom is 0.300 e. The van der Waals surface area contributed by atoms with E-state index in [2.05, 4.69) is 10.3 Å². The predicted molar refractivity (Wildman–Crippen MR) is 95.3 cm³/mol. The Hall–Kier alpha value is -2.98. The number of rotatable bonds is 4. The quantitative estimate of drug-likeness (QED) is 0.495. The van der Waals surface area contributed by atoms with Gasteiger partial charge in [-0.3, -0.25) is 0 Å². The third kappa shape index (κ3) is 3.19. The third-order valence-electron chi connectivity index (χ3n) is 3.41. The Morgan fingerprint density at radius 1 is 0.875 bits per heavy atom. The number of fused-ring (bicyclic) bond motifs is 1. The summed E-state index contributed by atoms with van der Waals surface area (Å²) in [6, 6.07) is 22.9. The molecule has 4 nitrogen and oxygen atoms in total. The van der Waals surface area contributed by atoms with Crippen LogP contribution >= 0.6 is 11.6 Å². The molecule has 4 aromatic rings. The van der Waals surface area contributed by atoms with E-state index in [9.17, 15) is 0 Å². The number of hydrogen-bond donors (Lipinski definition) is 1. The number of aromatic nitrogens is 1. The molecule has 0 spiro atoms. The molecule has 0 aliphatic rings. The van der Waals surface area contributed by atoms with E-state index in [4.69, 9.17) is 20.8 Å². The average Bonchev–Trinajstić information content (AvgIpc) is 2.97. The Kier molecular flexibility index (Phi) is 3.81. The van der Waals surface area contributed by atoms with Gasteiger partial charge in [0.05, 0.1) is 0 Å². The number of nitrogens with one attached hydrogen (secondary N) is 1.